The van der Waals surface area contributed by atoms with Crippen LogP contribution in [0.5, 0.6) is 11.5 Å². The lowest BCUT2D eigenvalue weighted by Crippen LogP contribution is -3.07. The molecular formula is C18H23N2O4+. The summed E-state index contributed by atoms with van der Waals surface area (Å²) in [7, 11) is 5.37. The van der Waals surface area contributed by atoms with Gasteiger partial charge in [-0.2, -0.15) is 0 Å². The van der Waals surface area contributed by atoms with Crippen molar-refractivity contribution in [3.8, 4) is 11.5 Å². The third kappa shape index (κ3) is 4.70. The molecular weight excluding hydrogens is 308 g/mol. The number of nitro groups is 1. The van der Waals surface area contributed by atoms with Gasteiger partial charge in [0, 0.05) is 24.1 Å². The molecule has 0 radical (unpaired) electrons. The standard InChI is InChI=1S/C18H22N2O4/c1-19(13-15-4-7-16(8-5-15)20(21)22)11-10-14-6-9-17(23-2)18(12-14)24-3/h4-9,12H,10-11,13H2,1-3H3/p+1. The first-order valence-electron chi connectivity index (χ1n) is 7.79. The predicted molar refractivity (Wildman–Crippen MR) is 91.8 cm³/mol. The second-order valence-corrected chi connectivity index (χ2v) is 5.75. The van der Waals surface area contributed by atoms with Crippen molar-refractivity contribution < 1.29 is 19.3 Å². The summed E-state index contributed by atoms with van der Waals surface area (Å²) in [6, 6.07) is 12.7. The van der Waals surface area contributed by atoms with Gasteiger partial charge in [0.1, 0.15) is 6.54 Å². The molecule has 128 valence electrons. The Kier molecular flexibility index (Phi) is 6.14. The van der Waals surface area contributed by atoms with E-state index >= 15 is 0 Å². The van der Waals surface area contributed by atoms with Crippen LogP contribution < -0.4 is 14.4 Å². The number of hydrogen-bond donors (Lipinski definition) is 1. The van der Waals surface area contributed by atoms with E-state index in [4.69, 9.17) is 9.47 Å². The Morgan fingerprint density at radius 1 is 1.00 bits per heavy atom. The lowest BCUT2D eigenvalue weighted by Gasteiger charge is -2.15. The van der Waals surface area contributed by atoms with E-state index in [-0.39, 0.29) is 10.6 Å². The molecule has 0 spiro atoms. The molecule has 1 N–H and O–H groups in total. The van der Waals surface area contributed by atoms with Crippen molar-refractivity contribution in [2.45, 2.75) is 13.0 Å². The Morgan fingerprint density at radius 3 is 2.21 bits per heavy atom. The van der Waals surface area contributed by atoms with Crippen molar-refractivity contribution in [2.24, 2.45) is 0 Å². The van der Waals surface area contributed by atoms with Crippen molar-refractivity contribution in [2.75, 3.05) is 27.8 Å². The Hall–Kier alpha value is -2.60. The Morgan fingerprint density at radius 2 is 1.62 bits per heavy atom. The van der Waals surface area contributed by atoms with Gasteiger partial charge in [0.15, 0.2) is 11.5 Å². The third-order valence-corrected chi connectivity index (χ3v) is 3.94. The van der Waals surface area contributed by atoms with Crippen LogP contribution in [0.2, 0.25) is 0 Å². The van der Waals surface area contributed by atoms with Gasteiger partial charge in [-0.15, -0.1) is 0 Å². The molecule has 0 saturated carbocycles. The molecule has 0 saturated heterocycles. The average molecular weight is 331 g/mol. The van der Waals surface area contributed by atoms with E-state index in [2.05, 4.69) is 7.05 Å². The summed E-state index contributed by atoms with van der Waals surface area (Å²) in [4.78, 5) is 11.6. The second-order valence-electron chi connectivity index (χ2n) is 5.75. The van der Waals surface area contributed by atoms with Gasteiger partial charge in [-0.05, 0) is 29.8 Å². The van der Waals surface area contributed by atoms with Crippen LogP contribution in [0, 0.1) is 10.1 Å². The molecule has 0 aliphatic carbocycles. The van der Waals surface area contributed by atoms with Gasteiger partial charge >= 0.3 is 0 Å². The molecule has 24 heavy (non-hydrogen) atoms. The van der Waals surface area contributed by atoms with E-state index in [1.807, 2.05) is 30.3 Å². The third-order valence-electron chi connectivity index (χ3n) is 3.94. The molecule has 2 rings (SSSR count). The van der Waals surface area contributed by atoms with Gasteiger partial charge in [0.2, 0.25) is 0 Å². The molecule has 0 amide bonds. The summed E-state index contributed by atoms with van der Waals surface area (Å²) < 4.78 is 10.6. The molecule has 2 aromatic carbocycles. The maximum absolute atomic E-state index is 10.7. The van der Waals surface area contributed by atoms with Crippen LogP contribution in [0.15, 0.2) is 42.5 Å². The van der Waals surface area contributed by atoms with Gasteiger partial charge < -0.3 is 14.4 Å². The fraction of sp³-hybridized carbons (Fsp3) is 0.333. The SMILES string of the molecule is COc1ccc(CC[NH+](C)Cc2ccc([N+](=O)[O-])cc2)cc1OC. The first-order valence-corrected chi connectivity index (χ1v) is 7.79. The monoisotopic (exact) mass is 331 g/mol. The maximum atomic E-state index is 10.7. The summed E-state index contributed by atoms with van der Waals surface area (Å²) in [5.74, 6) is 1.47. The summed E-state index contributed by atoms with van der Waals surface area (Å²) >= 11 is 0. The summed E-state index contributed by atoms with van der Waals surface area (Å²) in [6.45, 7) is 1.78. The van der Waals surface area contributed by atoms with Crippen LogP contribution in [0.1, 0.15) is 11.1 Å². The highest BCUT2D eigenvalue weighted by atomic mass is 16.6. The van der Waals surface area contributed by atoms with Crippen LogP contribution in [-0.2, 0) is 13.0 Å². The van der Waals surface area contributed by atoms with E-state index in [0.29, 0.717) is 0 Å². The van der Waals surface area contributed by atoms with Gasteiger partial charge in [-0.3, -0.25) is 10.1 Å². The topological polar surface area (TPSA) is 66.0 Å². The molecule has 0 aliphatic heterocycles. The number of methoxy groups -OCH3 is 2. The number of benzene rings is 2. The number of quaternary nitrogens is 1. The first kappa shape index (κ1) is 17.7. The number of nitro benzene ring substituents is 1. The van der Waals surface area contributed by atoms with Gasteiger partial charge in [-0.1, -0.05) is 6.07 Å². The molecule has 2 aromatic rings. The van der Waals surface area contributed by atoms with Crippen molar-refractivity contribution in [1.29, 1.82) is 0 Å². The van der Waals surface area contributed by atoms with Crippen LogP contribution >= 0.6 is 0 Å². The fourth-order valence-electron chi connectivity index (χ4n) is 2.57. The highest BCUT2D eigenvalue weighted by Crippen LogP contribution is 2.27. The second kappa shape index (κ2) is 8.31. The van der Waals surface area contributed by atoms with E-state index < -0.39 is 0 Å². The van der Waals surface area contributed by atoms with E-state index in [1.54, 1.807) is 26.4 Å². The van der Waals surface area contributed by atoms with Crippen LogP contribution in [0.3, 0.4) is 0 Å². The zero-order valence-electron chi connectivity index (χ0n) is 14.2. The Bertz CT molecular complexity index is 686. The number of nitrogens with one attached hydrogen (secondary N) is 1. The minimum atomic E-state index is -0.378. The van der Waals surface area contributed by atoms with Crippen molar-refractivity contribution in [1.82, 2.24) is 0 Å². The van der Waals surface area contributed by atoms with Gasteiger partial charge in [0.05, 0.1) is 32.7 Å². The molecule has 0 heterocycles. The molecule has 0 fully saturated rings. The normalized spacial score (nSPS) is 11.8. The molecule has 0 aromatic heterocycles. The van der Waals surface area contributed by atoms with Crippen molar-refractivity contribution >= 4 is 5.69 Å². The largest absolute Gasteiger partial charge is 0.493 e. The lowest BCUT2D eigenvalue weighted by molar-refractivity contribution is -0.893. The van der Waals surface area contributed by atoms with E-state index in [9.17, 15) is 10.1 Å². The van der Waals surface area contributed by atoms with Crippen LogP contribution in [-0.4, -0.2) is 32.7 Å². The number of hydrogen-bond acceptors (Lipinski definition) is 4. The number of ether oxygens (including phenoxy) is 2. The molecule has 6 heteroatoms. The molecule has 0 bridgehead atoms. The number of non-ortho nitro benzene ring substituents is 1. The minimum Gasteiger partial charge on any atom is -0.493 e. The van der Waals surface area contributed by atoms with Crippen LogP contribution in [0.4, 0.5) is 5.69 Å². The number of likely N-dealkylation sites (N-methyl/N-ethyl adjacent to an activating group) is 1. The summed E-state index contributed by atoms with van der Waals surface area (Å²) in [6.07, 6.45) is 0.916. The Labute approximate surface area is 141 Å². The highest BCUT2D eigenvalue weighted by Gasteiger charge is 2.09. The molecule has 0 aliphatic rings. The predicted octanol–water partition coefficient (Wildman–Crippen LogP) is 1.87. The quantitative estimate of drug-likeness (QED) is 0.592. The average Bonchev–Trinajstić information content (AvgIpc) is 2.60. The lowest BCUT2D eigenvalue weighted by atomic mass is 10.1. The Balaban J connectivity index is 1.90. The van der Waals surface area contributed by atoms with E-state index in [1.165, 1.54) is 10.5 Å². The van der Waals surface area contributed by atoms with Gasteiger partial charge in [0.25, 0.3) is 5.69 Å². The fourth-order valence-corrected chi connectivity index (χ4v) is 2.57. The summed E-state index contributed by atoms with van der Waals surface area (Å²) in [5.41, 5.74) is 2.41. The first-order chi connectivity index (χ1) is 11.5. The minimum absolute atomic E-state index is 0.127. The summed E-state index contributed by atoms with van der Waals surface area (Å²) in [5, 5.41) is 10.7. The maximum Gasteiger partial charge on any atom is 0.269 e. The zero-order chi connectivity index (χ0) is 17.5. The van der Waals surface area contributed by atoms with Crippen molar-refractivity contribution in [3.05, 3.63) is 63.7 Å². The van der Waals surface area contributed by atoms with Crippen molar-refractivity contribution in [3.63, 3.8) is 0 Å². The number of nitrogens with zero attached hydrogens (tertiary/aromatic N) is 1. The number of rotatable bonds is 8. The van der Waals surface area contributed by atoms with E-state index in [0.717, 1.165) is 36.6 Å². The highest BCUT2D eigenvalue weighted by molar-refractivity contribution is 5.42. The zero-order valence-corrected chi connectivity index (χ0v) is 14.2. The molecule has 1 atom stereocenters. The smallest absolute Gasteiger partial charge is 0.269 e. The molecule has 6 nitrogen and oxygen atoms in total. The van der Waals surface area contributed by atoms with Crippen LogP contribution in [0.25, 0.3) is 0 Å². The molecule has 1 unspecified atom stereocenters. The van der Waals surface area contributed by atoms with Gasteiger partial charge in [-0.25, -0.2) is 0 Å².